The average molecular weight is 273 g/mol. The molecule has 1 aromatic heterocycles. The number of aromatic nitrogens is 2. The van der Waals surface area contributed by atoms with Crippen molar-refractivity contribution in [2.45, 2.75) is 13.8 Å². The molecule has 0 saturated heterocycles. The summed E-state index contributed by atoms with van der Waals surface area (Å²) in [5.74, 6) is -1.25. The lowest BCUT2D eigenvalue weighted by atomic mass is 10.1. The molecule has 0 fully saturated rings. The number of nitrogens with zero attached hydrogens (tertiary/aromatic N) is 2. The van der Waals surface area contributed by atoms with E-state index in [1.54, 1.807) is 37.8 Å². The maximum atomic E-state index is 12.1. The third-order valence-corrected chi connectivity index (χ3v) is 2.98. The molecule has 2 N–H and O–H groups in total. The van der Waals surface area contributed by atoms with Crippen LogP contribution in [-0.4, -0.2) is 26.8 Å². The van der Waals surface area contributed by atoms with Crippen LogP contribution < -0.4 is 5.32 Å². The topological polar surface area (TPSA) is 84.2 Å². The molecule has 104 valence electrons. The summed E-state index contributed by atoms with van der Waals surface area (Å²) in [7, 11) is 1.75. The van der Waals surface area contributed by atoms with E-state index in [1.807, 2.05) is 0 Å². The molecule has 0 radical (unpaired) electrons. The van der Waals surface area contributed by atoms with Crippen LogP contribution in [0.4, 0.5) is 5.69 Å². The summed E-state index contributed by atoms with van der Waals surface area (Å²) in [6, 6.07) is 4.57. The lowest BCUT2D eigenvalue weighted by Crippen LogP contribution is -2.13. The number of amides is 1. The van der Waals surface area contributed by atoms with Crippen LogP contribution >= 0.6 is 0 Å². The van der Waals surface area contributed by atoms with Gasteiger partial charge in [0.15, 0.2) is 0 Å². The van der Waals surface area contributed by atoms with Gasteiger partial charge in [0.2, 0.25) is 0 Å². The van der Waals surface area contributed by atoms with E-state index in [0.29, 0.717) is 22.5 Å². The van der Waals surface area contributed by atoms with Crippen molar-refractivity contribution >= 4 is 17.6 Å². The van der Waals surface area contributed by atoms with Crippen molar-refractivity contribution in [2.75, 3.05) is 5.32 Å². The molecule has 0 atom stereocenters. The van der Waals surface area contributed by atoms with Crippen molar-refractivity contribution in [2.24, 2.45) is 7.05 Å². The molecule has 6 heteroatoms. The number of benzene rings is 1. The Labute approximate surface area is 116 Å². The van der Waals surface area contributed by atoms with Crippen LogP contribution in [0, 0.1) is 13.8 Å². The fourth-order valence-corrected chi connectivity index (χ4v) is 1.95. The molecule has 1 aromatic carbocycles. The second-order valence-electron chi connectivity index (χ2n) is 4.59. The number of aromatic carboxylic acids is 1. The number of rotatable bonds is 3. The van der Waals surface area contributed by atoms with Crippen molar-refractivity contribution in [1.29, 1.82) is 0 Å². The molecule has 0 aliphatic rings. The summed E-state index contributed by atoms with van der Waals surface area (Å²) in [5.41, 5.74) is 2.61. The van der Waals surface area contributed by atoms with Gasteiger partial charge < -0.3 is 10.4 Å². The van der Waals surface area contributed by atoms with E-state index in [4.69, 9.17) is 5.11 Å². The Kier molecular flexibility index (Phi) is 3.56. The summed E-state index contributed by atoms with van der Waals surface area (Å²) in [5, 5.41) is 15.8. The van der Waals surface area contributed by atoms with Crippen molar-refractivity contribution in [3.63, 3.8) is 0 Å². The number of hydrogen-bond donors (Lipinski definition) is 2. The Bertz CT molecular complexity index is 689. The number of carbonyl (C=O) groups excluding carboxylic acids is 1. The van der Waals surface area contributed by atoms with E-state index in [9.17, 15) is 9.59 Å². The van der Waals surface area contributed by atoms with Crippen molar-refractivity contribution < 1.29 is 14.7 Å². The lowest BCUT2D eigenvalue weighted by Gasteiger charge is -2.08. The number of aryl methyl sites for hydroxylation is 3. The van der Waals surface area contributed by atoms with E-state index < -0.39 is 5.97 Å². The zero-order valence-corrected chi connectivity index (χ0v) is 11.5. The summed E-state index contributed by atoms with van der Waals surface area (Å²) in [6.07, 6.45) is 1.64. The quantitative estimate of drug-likeness (QED) is 0.895. The number of hydrogen-bond acceptors (Lipinski definition) is 3. The smallest absolute Gasteiger partial charge is 0.335 e. The Balaban J connectivity index is 2.24. The average Bonchev–Trinajstić information content (AvgIpc) is 2.70. The first kappa shape index (κ1) is 13.8. The number of carbonyl (C=O) groups is 2. The molecule has 0 unspecified atom stereocenters. The minimum atomic E-state index is -0.992. The van der Waals surface area contributed by atoms with E-state index in [1.165, 1.54) is 12.1 Å². The molecule has 2 rings (SSSR count). The van der Waals surface area contributed by atoms with Crippen LogP contribution in [0.15, 0.2) is 24.4 Å². The van der Waals surface area contributed by atoms with Gasteiger partial charge in [-0.1, -0.05) is 0 Å². The number of anilines is 1. The molecule has 0 aliphatic heterocycles. The second kappa shape index (κ2) is 5.16. The molecule has 6 nitrogen and oxygen atoms in total. The monoisotopic (exact) mass is 273 g/mol. The fraction of sp³-hybridized carbons (Fsp3) is 0.214. The minimum Gasteiger partial charge on any atom is -0.478 e. The van der Waals surface area contributed by atoms with Crippen LogP contribution in [0.1, 0.15) is 32.0 Å². The van der Waals surface area contributed by atoms with Gasteiger partial charge in [-0.15, -0.1) is 0 Å². The summed E-state index contributed by atoms with van der Waals surface area (Å²) >= 11 is 0. The largest absolute Gasteiger partial charge is 0.478 e. The van der Waals surface area contributed by atoms with Crippen LogP contribution in [0.25, 0.3) is 0 Å². The number of nitrogens with one attached hydrogen (secondary N) is 1. The van der Waals surface area contributed by atoms with Gasteiger partial charge in [0.05, 0.1) is 16.8 Å². The SMILES string of the molecule is Cc1cc(C(=O)O)ccc1NC(=O)c1cn(C)nc1C. The fourth-order valence-electron chi connectivity index (χ4n) is 1.95. The van der Waals surface area contributed by atoms with Crippen molar-refractivity contribution in [3.8, 4) is 0 Å². The molecular formula is C14H15N3O3. The van der Waals surface area contributed by atoms with E-state index in [2.05, 4.69) is 10.4 Å². The van der Waals surface area contributed by atoms with Gasteiger partial charge in [0.1, 0.15) is 0 Å². The van der Waals surface area contributed by atoms with E-state index in [0.717, 1.165) is 0 Å². The summed E-state index contributed by atoms with van der Waals surface area (Å²) < 4.78 is 1.57. The highest BCUT2D eigenvalue weighted by atomic mass is 16.4. The molecule has 1 heterocycles. The van der Waals surface area contributed by atoms with Gasteiger partial charge in [-0.05, 0) is 37.6 Å². The molecule has 0 aliphatic carbocycles. The van der Waals surface area contributed by atoms with Crippen LogP contribution in [-0.2, 0) is 7.05 Å². The Morgan fingerprint density at radius 3 is 2.50 bits per heavy atom. The molecular weight excluding hydrogens is 258 g/mol. The Hall–Kier alpha value is -2.63. The van der Waals surface area contributed by atoms with Gasteiger partial charge in [-0.3, -0.25) is 9.48 Å². The van der Waals surface area contributed by atoms with Gasteiger partial charge >= 0.3 is 5.97 Å². The summed E-state index contributed by atoms with van der Waals surface area (Å²) in [6.45, 7) is 3.51. The van der Waals surface area contributed by atoms with E-state index in [-0.39, 0.29) is 11.5 Å². The molecule has 2 aromatic rings. The van der Waals surface area contributed by atoms with Gasteiger partial charge in [-0.2, -0.15) is 5.10 Å². The Morgan fingerprint density at radius 1 is 1.30 bits per heavy atom. The summed E-state index contributed by atoms with van der Waals surface area (Å²) in [4.78, 5) is 23.0. The molecule has 0 spiro atoms. The number of carboxylic acids is 1. The molecule has 0 bridgehead atoms. The standard InChI is InChI=1S/C14H15N3O3/c1-8-6-10(14(19)20)4-5-12(8)15-13(18)11-7-17(3)16-9(11)2/h4-7H,1-3H3,(H,15,18)(H,19,20). The van der Waals surface area contributed by atoms with Crippen molar-refractivity contribution in [3.05, 3.63) is 46.8 Å². The van der Waals surface area contributed by atoms with Crippen LogP contribution in [0.3, 0.4) is 0 Å². The van der Waals surface area contributed by atoms with Gasteiger partial charge in [-0.25, -0.2) is 4.79 Å². The lowest BCUT2D eigenvalue weighted by molar-refractivity contribution is 0.0696. The minimum absolute atomic E-state index is 0.193. The highest BCUT2D eigenvalue weighted by Crippen LogP contribution is 2.18. The zero-order valence-electron chi connectivity index (χ0n) is 11.5. The van der Waals surface area contributed by atoms with E-state index >= 15 is 0 Å². The zero-order chi connectivity index (χ0) is 14.9. The van der Waals surface area contributed by atoms with Crippen LogP contribution in [0.2, 0.25) is 0 Å². The maximum absolute atomic E-state index is 12.1. The Morgan fingerprint density at radius 2 is 2.00 bits per heavy atom. The predicted octanol–water partition coefficient (Wildman–Crippen LogP) is 1.99. The molecule has 20 heavy (non-hydrogen) atoms. The first-order valence-electron chi connectivity index (χ1n) is 6.04. The highest BCUT2D eigenvalue weighted by molar-refractivity contribution is 6.05. The molecule has 0 saturated carbocycles. The first-order valence-corrected chi connectivity index (χ1v) is 6.04. The highest BCUT2D eigenvalue weighted by Gasteiger charge is 2.14. The second-order valence-corrected chi connectivity index (χ2v) is 4.59. The third kappa shape index (κ3) is 2.69. The normalized spacial score (nSPS) is 10.3. The van der Waals surface area contributed by atoms with Crippen LogP contribution in [0.5, 0.6) is 0 Å². The maximum Gasteiger partial charge on any atom is 0.335 e. The third-order valence-electron chi connectivity index (χ3n) is 2.98. The van der Waals surface area contributed by atoms with Gasteiger partial charge in [0, 0.05) is 18.9 Å². The molecule has 1 amide bonds. The van der Waals surface area contributed by atoms with Crippen molar-refractivity contribution in [1.82, 2.24) is 9.78 Å². The number of carboxylic acid groups (broad SMARTS) is 1. The van der Waals surface area contributed by atoms with Gasteiger partial charge in [0.25, 0.3) is 5.91 Å². The first-order chi connectivity index (χ1) is 9.38. The predicted molar refractivity (Wildman–Crippen MR) is 74.0 cm³/mol.